The molecule has 2 fully saturated rings. The van der Waals surface area contributed by atoms with Crippen LogP contribution in [0.2, 0.25) is 0 Å². The number of hydrogen-bond acceptors (Lipinski definition) is 4. The fourth-order valence-electron chi connectivity index (χ4n) is 2.13. The van der Waals surface area contributed by atoms with Crippen LogP contribution in [-0.2, 0) is 0 Å². The average molecular weight is 204 g/mol. The van der Waals surface area contributed by atoms with E-state index in [-0.39, 0.29) is 0 Å². The minimum atomic E-state index is 0.310. The second-order valence-electron chi connectivity index (χ2n) is 4.57. The number of hydrogen-bond donors (Lipinski definition) is 1. The number of nitrogens with two attached hydrogens (primary N) is 1. The van der Waals surface area contributed by atoms with Crippen LogP contribution in [0.15, 0.2) is 12.4 Å². The molecule has 80 valence electrons. The highest BCUT2D eigenvalue weighted by Gasteiger charge is 2.27. The molecule has 1 aliphatic carbocycles. The van der Waals surface area contributed by atoms with Crippen LogP contribution in [0.4, 0.5) is 5.82 Å². The highest BCUT2D eigenvalue weighted by molar-refractivity contribution is 5.41. The van der Waals surface area contributed by atoms with Crippen LogP contribution in [0.3, 0.4) is 0 Å². The number of aromatic nitrogens is 2. The molecular weight excluding hydrogens is 188 g/mol. The monoisotopic (exact) mass is 204 g/mol. The predicted molar refractivity (Wildman–Crippen MR) is 58.8 cm³/mol. The molecule has 3 rings (SSSR count). The molecule has 0 amide bonds. The van der Waals surface area contributed by atoms with Gasteiger partial charge >= 0.3 is 0 Å². The fourth-order valence-corrected chi connectivity index (χ4v) is 2.13. The maximum absolute atomic E-state index is 5.89. The van der Waals surface area contributed by atoms with Crippen LogP contribution < -0.4 is 10.6 Å². The molecule has 2 N–H and O–H groups in total. The highest BCUT2D eigenvalue weighted by Crippen LogP contribution is 2.39. The maximum atomic E-state index is 5.89. The van der Waals surface area contributed by atoms with Gasteiger partial charge in [0.15, 0.2) is 0 Å². The van der Waals surface area contributed by atoms with Crippen molar-refractivity contribution in [2.75, 3.05) is 18.0 Å². The van der Waals surface area contributed by atoms with Crippen molar-refractivity contribution in [2.45, 2.75) is 31.2 Å². The second kappa shape index (κ2) is 3.45. The Bertz CT molecular complexity index is 361. The largest absolute Gasteiger partial charge is 0.355 e. The van der Waals surface area contributed by atoms with Crippen molar-refractivity contribution in [1.29, 1.82) is 0 Å². The van der Waals surface area contributed by atoms with Crippen LogP contribution in [0.5, 0.6) is 0 Å². The third-order valence-corrected chi connectivity index (χ3v) is 3.22. The van der Waals surface area contributed by atoms with E-state index in [1.165, 1.54) is 18.5 Å². The SMILES string of the molecule is N[C@H]1CCN(c2cc(C3CC3)ncn2)C1. The Kier molecular flexibility index (Phi) is 2.09. The molecule has 1 aromatic rings. The molecule has 0 bridgehead atoms. The summed E-state index contributed by atoms with van der Waals surface area (Å²) in [6.45, 7) is 1.96. The van der Waals surface area contributed by atoms with E-state index < -0.39 is 0 Å². The van der Waals surface area contributed by atoms with Crippen LogP contribution in [-0.4, -0.2) is 29.1 Å². The molecular formula is C11H16N4. The molecule has 2 heterocycles. The van der Waals surface area contributed by atoms with E-state index in [4.69, 9.17) is 5.73 Å². The Hall–Kier alpha value is -1.16. The predicted octanol–water partition coefficient (Wildman–Crippen LogP) is 0.891. The quantitative estimate of drug-likeness (QED) is 0.777. The summed E-state index contributed by atoms with van der Waals surface area (Å²) in [7, 11) is 0. The topological polar surface area (TPSA) is 55.0 Å². The van der Waals surface area contributed by atoms with Crippen LogP contribution in [0.25, 0.3) is 0 Å². The summed E-state index contributed by atoms with van der Waals surface area (Å²) < 4.78 is 0. The Morgan fingerprint density at radius 2 is 2.13 bits per heavy atom. The van der Waals surface area contributed by atoms with Gasteiger partial charge in [-0.3, -0.25) is 0 Å². The van der Waals surface area contributed by atoms with Gasteiger partial charge in [-0.1, -0.05) is 0 Å². The van der Waals surface area contributed by atoms with E-state index in [1.54, 1.807) is 6.33 Å². The second-order valence-corrected chi connectivity index (χ2v) is 4.57. The standard InChI is InChI=1S/C11H16N4/c12-9-3-4-15(6-9)11-5-10(8-1-2-8)13-7-14-11/h5,7-9H,1-4,6,12H2/t9-/m0/s1. The Labute approximate surface area is 89.5 Å². The molecule has 1 atom stereocenters. The lowest BCUT2D eigenvalue weighted by molar-refractivity contribution is 0.751. The van der Waals surface area contributed by atoms with Crippen molar-refractivity contribution in [3.8, 4) is 0 Å². The van der Waals surface area contributed by atoms with Gasteiger partial charge in [-0.2, -0.15) is 0 Å². The summed E-state index contributed by atoms with van der Waals surface area (Å²) >= 11 is 0. The lowest BCUT2D eigenvalue weighted by Crippen LogP contribution is -2.26. The zero-order valence-corrected chi connectivity index (χ0v) is 8.76. The molecule has 15 heavy (non-hydrogen) atoms. The molecule has 4 nitrogen and oxygen atoms in total. The Balaban J connectivity index is 1.81. The van der Waals surface area contributed by atoms with Crippen molar-refractivity contribution < 1.29 is 0 Å². The van der Waals surface area contributed by atoms with E-state index >= 15 is 0 Å². The van der Waals surface area contributed by atoms with Gasteiger partial charge in [0.1, 0.15) is 12.1 Å². The first-order valence-electron chi connectivity index (χ1n) is 5.65. The van der Waals surface area contributed by atoms with Crippen molar-refractivity contribution >= 4 is 5.82 Å². The van der Waals surface area contributed by atoms with Gasteiger partial charge in [-0.05, 0) is 19.3 Å². The summed E-state index contributed by atoms with van der Waals surface area (Å²) in [6, 6.07) is 2.44. The molecule has 0 unspecified atom stereocenters. The third kappa shape index (κ3) is 1.81. The molecule has 4 heteroatoms. The molecule has 2 aliphatic rings. The van der Waals surface area contributed by atoms with E-state index in [0.717, 1.165) is 25.3 Å². The van der Waals surface area contributed by atoms with Crippen molar-refractivity contribution in [2.24, 2.45) is 5.73 Å². The van der Waals surface area contributed by atoms with Gasteiger partial charge in [-0.15, -0.1) is 0 Å². The fraction of sp³-hybridized carbons (Fsp3) is 0.636. The third-order valence-electron chi connectivity index (χ3n) is 3.22. The number of nitrogens with zero attached hydrogens (tertiary/aromatic N) is 3. The van der Waals surface area contributed by atoms with Gasteiger partial charge in [0.25, 0.3) is 0 Å². The zero-order valence-electron chi connectivity index (χ0n) is 8.76. The van der Waals surface area contributed by atoms with Gasteiger partial charge in [0, 0.05) is 36.8 Å². The van der Waals surface area contributed by atoms with E-state index in [2.05, 4.69) is 20.9 Å². The van der Waals surface area contributed by atoms with Gasteiger partial charge in [0.05, 0.1) is 0 Å². The van der Waals surface area contributed by atoms with Crippen LogP contribution >= 0.6 is 0 Å². The molecule has 1 saturated carbocycles. The lowest BCUT2D eigenvalue weighted by atomic mass is 10.3. The first-order valence-corrected chi connectivity index (χ1v) is 5.65. The highest BCUT2D eigenvalue weighted by atomic mass is 15.2. The Morgan fingerprint density at radius 3 is 2.80 bits per heavy atom. The lowest BCUT2D eigenvalue weighted by Gasteiger charge is -2.16. The molecule has 1 saturated heterocycles. The molecule has 0 radical (unpaired) electrons. The summed E-state index contributed by atoms with van der Waals surface area (Å²) in [6.07, 6.45) is 5.33. The van der Waals surface area contributed by atoms with Crippen molar-refractivity contribution in [3.05, 3.63) is 18.1 Å². The van der Waals surface area contributed by atoms with Crippen LogP contribution in [0, 0.1) is 0 Å². The number of rotatable bonds is 2. The van der Waals surface area contributed by atoms with E-state index in [1.807, 2.05) is 0 Å². The molecule has 0 aromatic carbocycles. The first-order chi connectivity index (χ1) is 7.33. The van der Waals surface area contributed by atoms with E-state index in [9.17, 15) is 0 Å². The van der Waals surface area contributed by atoms with Crippen molar-refractivity contribution in [1.82, 2.24) is 9.97 Å². The maximum Gasteiger partial charge on any atom is 0.132 e. The molecule has 1 aromatic heterocycles. The summed E-state index contributed by atoms with van der Waals surface area (Å²) in [4.78, 5) is 10.9. The van der Waals surface area contributed by atoms with Gasteiger partial charge in [0.2, 0.25) is 0 Å². The van der Waals surface area contributed by atoms with E-state index in [0.29, 0.717) is 12.0 Å². The smallest absolute Gasteiger partial charge is 0.132 e. The normalized spacial score (nSPS) is 25.9. The minimum absolute atomic E-state index is 0.310. The molecule has 0 spiro atoms. The minimum Gasteiger partial charge on any atom is -0.355 e. The van der Waals surface area contributed by atoms with Crippen LogP contribution in [0.1, 0.15) is 30.9 Å². The summed E-state index contributed by atoms with van der Waals surface area (Å²) in [5.41, 5.74) is 7.10. The Morgan fingerprint density at radius 1 is 1.27 bits per heavy atom. The average Bonchev–Trinajstić information content (AvgIpc) is 3.02. The molecule has 1 aliphatic heterocycles. The summed E-state index contributed by atoms with van der Waals surface area (Å²) in [5, 5.41) is 0. The number of anilines is 1. The van der Waals surface area contributed by atoms with Gasteiger partial charge in [-0.25, -0.2) is 9.97 Å². The summed E-state index contributed by atoms with van der Waals surface area (Å²) in [5.74, 6) is 1.75. The van der Waals surface area contributed by atoms with Crippen molar-refractivity contribution in [3.63, 3.8) is 0 Å². The van der Waals surface area contributed by atoms with Gasteiger partial charge < -0.3 is 10.6 Å². The zero-order chi connectivity index (χ0) is 10.3. The first kappa shape index (κ1) is 9.09.